The summed E-state index contributed by atoms with van der Waals surface area (Å²) in [6, 6.07) is 15.1. The van der Waals surface area contributed by atoms with Crippen molar-refractivity contribution in [3.05, 3.63) is 71.3 Å². The van der Waals surface area contributed by atoms with Crippen LogP contribution in [0.4, 0.5) is 0 Å². The highest BCUT2D eigenvalue weighted by atomic mass is 16.5. The standard InChI is InChI=1S/C18H19NO4/c1-13-7-9-15(10-8-13)17(21)16(19-12-20)18(22)23-11-14-5-3-2-4-6-14/h2-10,12,16-17,21H,11H2,1H3,(H,19,20). The van der Waals surface area contributed by atoms with E-state index in [9.17, 15) is 14.7 Å². The van der Waals surface area contributed by atoms with Gasteiger partial charge in [-0.2, -0.15) is 0 Å². The number of aliphatic hydroxyl groups is 1. The van der Waals surface area contributed by atoms with Gasteiger partial charge in [-0.1, -0.05) is 60.2 Å². The molecule has 23 heavy (non-hydrogen) atoms. The van der Waals surface area contributed by atoms with Gasteiger partial charge in [0, 0.05) is 0 Å². The van der Waals surface area contributed by atoms with Crippen LogP contribution in [0.25, 0.3) is 0 Å². The van der Waals surface area contributed by atoms with Gasteiger partial charge < -0.3 is 15.2 Å². The SMILES string of the molecule is Cc1ccc(C(O)C(NC=O)C(=O)OCc2ccccc2)cc1. The van der Waals surface area contributed by atoms with E-state index in [1.807, 2.05) is 49.4 Å². The first-order valence-corrected chi connectivity index (χ1v) is 7.26. The number of ether oxygens (including phenoxy) is 1. The van der Waals surface area contributed by atoms with Crippen LogP contribution in [-0.2, 0) is 20.9 Å². The molecule has 2 rings (SSSR count). The van der Waals surface area contributed by atoms with Gasteiger partial charge in [0.2, 0.25) is 6.41 Å². The summed E-state index contributed by atoms with van der Waals surface area (Å²) in [7, 11) is 0. The minimum absolute atomic E-state index is 0.0807. The fourth-order valence-electron chi connectivity index (χ4n) is 2.14. The number of rotatable bonds is 7. The summed E-state index contributed by atoms with van der Waals surface area (Å²) in [6.45, 7) is 2.00. The fourth-order valence-corrected chi connectivity index (χ4v) is 2.14. The molecule has 0 aliphatic carbocycles. The maximum atomic E-state index is 12.2. The Morgan fingerprint density at radius 2 is 1.83 bits per heavy atom. The van der Waals surface area contributed by atoms with Gasteiger partial charge in [-0.3, -0.25) is 4.79 Å². The number of benzene rings is 2. The second kappa shape index (κ2) is 8.10. The zero-order valence-corrected chi connectivity index (χ0v) is 12.8. The summed E-state index contributed by atoms with van der Waals surface area (Å²) < 4.78 is 5.19. The van der Waals surface area contributed by atoms with Crippen molar-refractivity contribution in [2.24, 2.45) is 0 Å². The lowest BCUT2D eigenvalue weighted by atomic mass is 10.0. The Bertz CT molecular complexity index is 640. The fraction of sp³-hybridized carbons (Fsp3) is 0.222. The van der Waals surface area contributed by atoms with E-state index in [2.05, 4.69) is 5.32 Å². The van der Waals surface area contributed by atoms with Crippen molar-refractivity contribution in [2.45, 2.75) is 25.7 Å². The normalized spacial score (nSPS) is 13.0. The van der Waals surface area contributed by atoms with Gasteiger partial charge in [-0.05, 0) is 18.1 Å². The van der Waals surface area contributed by atoms with Crippen molar-refractivity contribution in [3.63, 3.8) is 0 Å². The van der Waals surface area contributed by atoms with Crippen LogP contribution < -0.4 is 5.32 Å². The van der Waals surface area contributed by atoms with Gasteiger partial charge in [0.25, 0.3) is 0 Å². The highest BCUT2D eigenvalue weighted by Gasteiger charge is 2.29. The lowest BCUT2D eigenvalue weighted by molar-refractivity contribution is -0.151. The van der Waals surface area contributed by atoms with Crippen LogP contribution in [0.2, 0.25) is 0 Å². The Hall–Kier alpha value is -2.66. The number of hydrogen-bond acceptors (Lipinski definition) is 4. The molecule has 2 aromatic rings. The predicted octanol–water partition coefficient (Wildman–Crippen LogP) is 1.89. The van der Waals surface area contributed by atoms with Crippen molar-refractivity contribution >= 4 is 12.4 Å². The van der Waals surface area contributed by atoms with Crippen molar-refractivity contribution in [2.75, 3.05) is 0 Å². The van der Waals surface area contributed by atoms with Gasteiger partial charge in [0.15, 0.2) is 6.04 Å². The lowest BCUT2D eigenvalue weighted by Crippen LogP contribution is -2.42. The zero-order chi connectivity index (χ0) is 16.7. The summed E-state index contributed by atoms with van der Waals surface area (Å²) in [5, 5.41) is 12.7. The van der Waals surface area contributed by atoms with E-state index in [1.165, 1.54) is 0 Å². The van der Waals surface area contributed by atoms with E-state index >= 15 is 0 Å². The van der Waals surface area contributed by atoms with Crippen molar-refractivity contribution in [1.29, 1.82) is 0 Å². The first kappa shape index (κ1) is 16.7. The molecule has 0 saturated carbocycles. The first-order chi connectivity index (χ1) is 11.1. The Balaban J connectivity index is 2.05. The maximum Gasteiger partial charge on any atom is 0.332 e. The Morgan fingerprint density at radius 3 is 2.43 bits per heavy atom. The molecule has 2 aromatic carbocycles. The van der Waals surface area contributed by atoms with E-state index in [0.717, 1.165) is 11.1 Å². The Kier molecular flexibility index (Phi) is 5.88. The third kappa shape index (κ3) is 4.66. The highest BCUT2D eigenvalue weighted by Crippen LogP contribution is 2.19. The second-order valence-electron chi connectivity index (χ2n) is 5.21. The van der Waals surface area contributed by atoms with E-state index in [0.29, 0.717) is 12.0 Å². The molecule has 0 saturated heterocycles. The average Bonchev–Trinajstić information content (AvgIpc) is 2.58. The molecule has 0 radical (unpaired) electrons. The summed E-state index contributed by atoms with van der Waals surface area (Å²) in [5.74, 6) is -0.686. The zero-order valence-electron chi connectivity index (χ0n) is 12.8. The smallest absolute Gasteiger partial charge is 0.332 e. The second-order valence-corrected chi connectivity index (χ2v) is 5.21. The summed E-state index contributed by atoms with van der Waals surface area (Å²) in [5.41, 5.74) is 2.40. The Labute approximate surface area is 134 Å². The molecule has 5 heteroatoms. The van der Waals surface area contributed by atoms with E-state index in [1.54, 1.807) is 12.1 Å². The molecule has 5 nitrogen and oxygen atoms in total. The molecule has 2 atom stereocenters. The number of aliphatic hydroxyl groups excluding tert-OH is 1. The minimum Gasteiger partial charge on any atom is -0.459 e. The largest absolute Gasteiger partial charge is 0.459 e. The average molecular weight is 313 g/mol. The predicted molar refractivity (Wildman–Crippen MR) is 85.4 cm³/mol. The van der Waals surface area contributed by atoms with Crippen LogP contribution in [0.1, 0.15) is 22.8 Å². The lowest BCUT2D eigenvalue weighted by Gasteiger charge is -2.21. The van der Waals surface area contributed by atoms with Crippen LogP contribution in [0.15, 0.2) is 54.6 Å². The van der Waals surface area contributed by atoms with Gasteiger partial charge in [0.05, 0.1) is 0 Å². The number of nitrogens with one attached hydrogen (secondary N) is 1. The molecule has 0 aliphatic heterocycles. The first-order valence-electron chi connectivity index (χ1n) is 7.26. The Morgan fingerprint density at radius 1 is 1.17 bits per heavy atom. The molecule has 120 valence electrons. The molecule has 0 aliphatic rings. The van der Waals surface area contributed by atoms with E-state index < -0.39 is 18.1 Å². The van der Waals surface area contributed by atoms with Gasteiger partial charge in [-0.15, -0.1) is 0 Å². The molecule has 2 N–H and O–H groups in total. The number of hydrogen-bond donors (Lipinski definition) is 2. The molecule has 0 spiro atoms. The quantitative estimate of drug-likeness (QED) is 0.604. The van der Waals surface area contributed by atoms with Crippen molar-refractivity contribution in [3.8, 4) is 0 Å². The monoisotopic (exact) mass is 313 g/mol. The van der Waals surface area contributed by atoms with Crippen LogP contribution in [0.3, 0.4) is 0 Å². The van der Waals surface area contributed by atoms with Gasteiger partial charge in [-0.25, -0.2) is 4.79 Å². The van der Waals surface area contributed by atoms with Crippen LogP contribution in [0.5, 0.6) is 0 Å². The molecule has 1 amide bonds. The molecule has 0 fully saturated rings. The number of carbonyl (C=O) groups is 2. The van der Waals surface area contributed by atoms with Crippen LogP contribution in [-0.4, -0.2) is 23.5 Å². The molecular formula is C18H19NO4. The molecule has 0 bridgehead atoms. The molecule has 0 aromatic heterocycles. The van der Waals surface area contributed by atoms with Gasteiger partial charge in [0.1, 0.15) is 12.7 Å². The van der Waals surface area contributed by atoms with Crippen molar-refractivity contribution in [1.82, 2.24) is 5.32 Å². The van der Waals surface area contributed by atoms with Crippen LogP contribution >= 0.6 is 0 Å². The summed E-state index contributed by atoms with van der Waals surface area (Å²) in [4.78, 5) is 22.9. The third-order valence-corrected chi connectivity index (χ3v) is 3.46. The molecular weight excluding hydrogens is 294 g/mol. The van der Waals surface area contributed by atoms with Crippen LogP contribution in [0, 0.1) is 6.92 Å². The van der Waals surface area contributed by atoms with Crippen molar-refractivity contribution < 1.29 is 19.4 Å². The molecule has 2 unspecified atom stereocenters. The number of carbonyl (C=O) groups excluding carboxylic acids is 2. The van der Waals surface area contributed by atoms with E-state index in [-0.39, 0.29) is 6.61 Å². The summed E-state index contributed by atoms with van der Waals surface area (Å²) in [6.07, 6.45) is -0.796. The summed E-state index contributed by atoms with van der Waals surface area (Å²) >= 11 is 0. The number of amides is 1. The highest BCUT2D eigenvalue weighted by molar-refractivity contribution is 5.79. The minimum atomic E-state index is -1.18. The maximum absolute atomic E-state index is 12.2. The molecule has 0 heterocycles. The third-order valence-electron chi connectivity index (χ3n) is 3.46. The number of aryl methyl sites for hydroxylation is 1. The van der Waals surface area contributed by atoms with Gasteiger partial charge >= 0.3 is 5.97 Å². The van der Waals surface area contributed by atoms with E-state index in [4.69, 9.17) is 4.74 Å². The topological polar surface area (TPSA) is 75.6 Å². The number of esters is 1.